The second kappa shape index (κ2) is 38.4. The third-order valence-corrected chi connectivity index (χ3v) is 17.8. The average molecular weight is 1370 g/mol. The molecule has 2 fully saturated rings. The van der Waals surface area contributed by atoms with E-state index in [2.05, 4.69) is 55.6 Å². The maximum atomic E-state index is 14.6. The van der Waals surface area contributed by atoms with Crippen LogP contribution in [0.15, 0.2) is 102 Å². The van der Waals surface area contributed by atoms with Gasteiger partial charge < -0.3 is 81.5 Å². The molecular weight excluding hydrogens is 1270 g/mol. The predicted molar refractivity (Wildman–Crippen MR) is 372 cm³/mol. The van der Waals surface area contributed by atoms with Crippen LogP contribution in [0.3, 0.4) is 0 Å². The lowest BCUT2D eigenvalue weighted by Crippen LogP contribution is -2.50. The lowest BCUT2D eigenvalue weighted by molar-refractivity contribution is -0.162. The Morgan fingerprint density at radius 3 is 2.05 bits per heavy atom. The van der Waals surface area contributed by atoms with E-state index in [0.29, 0.717) is 117 Å². The lowest BCUT2D eigenvalue weighted by Gasteiger charge is -2.37. The lowest BCUT2D eigenvalue weighted by atomic mass is 9.91. The Morgan fingerprint density at radius 1 is 0.636 bits per heavy atom. The van der Waals surface area contributed by atoms with E-state index in [1.165, 1.54) is 26.9 Å². The largest absolute Gasteiger partial charge is 0.493 e. The van der Waals surface area contributed by atoms with E-state index < -0.39 is 24.0 Å². The SMILES string of the molecule is CC[C@H](C(=O)N1CCCC[C@H]1C(=O)O[C@H](CCc1ccc(OC)c(OC)c1)c1cccc(OCC(=O)NCCOCCOCCOCCC(=O)NCCOc2ccc(CCc3nc4cc(-c5c(C)noc5C)ccc4n3CCN3CCOCC3)cc2)c1)c1cc(OC)c(OC)c(OC)c1. The Morgan fingerprint density at radius 2 is 1.34 bits per heavy atom. The summed E-state index contributed by atoms with van der Waals surface area (Å²) in [5.74, 6) is 3.64. The number of methoxy groups -OCH3 is 5. The number of carbonyl (C=O) groups excluding carboxylic acids is 4. The van der Waals surface area contributed by atoms with Crippen LogP contribution in [0.2, 0.25) is 0 Å². The van der Waals surface area contributed by atoms with Crippen molar-refractivity contribution in [3.63, 3.8) is 0 Å². The zero-order valence-corrected chi connectivity index (χ0v) is 58.5. The summed E-state index contributed by atoms with van der Waals surface area (Å²) in [5.41, 5.74) is 8.44. The fourth-order valence-corrected chi connectivity index (χ4v) is 12.5. The van der Waals surface area contributed by atoms with Gasteiger partial charge >= 0.3 is 5.97 Å². The molecule has 7 aromatic rings. The third kappa shape index (κ3) is 21.1. The molecule has 4 heterocycles. The van der Waals surface area contributed by atoms with Crippen molar-refractivity contribution in [2.75, 3.05) is 141 Å². The summed E-state index contributed by atoms with van der Waals surface area (Å²) in [5, 5.41) is 9.86. The number of likely N-dealkylation sites (tertiary alicyclic amines) is 1. The van der Waals surface area contributed by atoms with Crippen LogP contribution < -0.4 is 43.8 Å². The number of aryl methyl sites for hydroxylation is 5. The number of aromatic nitrogens is 3. The summed E-state index contributed by atoms with van der Waals surface area (Å²) < 4.78 is 76.5. The molecule has 9 rings (SSSR count). The Hall–Kier alpha value is -8.94. The van der Waals surface area contributed by atoms with Gasteiger partial charge in [-0.2, -0.15) is 0 Å². The first-order valence-electron chi connectivity index (χ1n) is 34.3. The maximum Gasteiger partial charge on any atom is 0.329 e. The van der Waals surface area contributed by atoms with E-state index >= 15 is 0 Å². The number of esters is 1. The molecule has 0 radical (unpaired) electrons. The van der Waals surface area contributed by atoms with Gasteiger partial charge in [0.2, 0.25) is 17.6 Å². The summed E-state index contributed by atoms with van der Waals surface area (Å²) in [4.78, 5) is 63.8. The Bertz CT molecular complexity index is 3680. The fourth-order valence-electron chi connectivity index (χ4n) is 12.5. The Labute approximate surface area is 580 Å². The molecule has 3 amide bonds. The van der Waals surface area contributed by atoms with E-state index in [9.17, 15) is 19.2 Å². The van der Waals surface area contributed by atoms with E-state index in [4.69, 9.17) is 66.3 Å². The van der Waals surface area contributed by atoms with Gasteiger partial charge in [0.25, 0.3) is 5.91 Å². The summed E-state index contributed by atoms with van der Waals surface area (Å²) >= 11 is 0. The molecule has 0 spiro atoms. The van der Waals surface area contributed by atoms with Gasteiger partial charge in [0.15, 0.2) is 29.6 Å². The van der Waals surface area contributed by atoms with Crippen LogP contribution in [0.25, 0.3) is 22.2 Å². The highest BCUT2D eigenvalue weighted by molar-refractivity contribution is 5.89. The summed E-state index contributed by atoms with van der Waals surface area (Å²) in [7, 11) is 7.74. The van der Waals surface area contributed by atoms with Crippen molar-refractivity contribution in [3.05, 3.63) is 137 Å². The number of fused-ring (bicyclic) bond motifs is 1. The van der Waals surface area contributed by atoms with Crippen LogP contribution in [0.1, 0.15) is 97.0 Å². The number of benzene rings is 5. The number of ether oxygens (including phenoxy) is 12. The van der Waals surface area contributed by atoms with Gasteiger partial charge in [-0.15, -0.1) is 0 Å². The molecule has 2 aliphatic rings. The number of nitrogens with one attached hydrogen (secondary N) is 2. The minimum absolute atomic E-state index is 0.133. The number of hydrogen-bond acceptors (Lipinski definition) is 20. The van der Waals surface area contributed by atoms with Crippen molar-refractivity contribution in [3.8, 4) is 51.4 Å². The normalized spacial score (nSPS) is 14.7. The highest BCUT2D eigenvalue weighted by atomic mass is 16.6. The molecule has 0 saturated carbocycles. The molecular formula is C75H97N7O17. The first kappa shape index (κ1) is 74.3. The van der Waals surface area contributed by atoms with Crippen LogP contribution in [-0.2, 0) is 68.7 Å². The predicted octanol–water partition coefficient (Wildman–Crippen LogP) is 9.39. The molecule has 2 saturated heterocycles. The number of rotatable bonds is 40. The van der Waals surface area contributed by atoms with Crippen LogP contribution in [0.5, 0.6) is 40.2 Å². The van der Waals surface area contributed by atoms with Crippen LogP contribution in [0.4, 0.5) is 0 Å². The van der Waals surface area contributed by atoms with Gasteiger partial charge in [-0.1, -0.05) is 48.5 Å². The van der Waals surface area contributed by atoms with Gasteiger partial charge in [-0.25, -0.2) is 9.78 Å². The molecule has 2 aromatic heterocycles. The van der Waals surface area contributed by atoms with Gasteiger partial charge in [0.1, 0.15) is 41.8 Å². The van der Waals surface area contributed by atoms with Gasteiger partial charge in [-0.3, -0.25) is 19.3 Å². The summed E-state index contributed by atoms with van der Waals surface area (Å²) in [6.07, 6.45) is 4.32. The average Bonchev–Trinajstić information content (AvgIpc) is 1.72. The molecule has 99 heavy (non-hydrogen) atoms. The highest BCUT2D eigenvalue weighted by Gasteiger charge is 2.38. The molecule has 2 N–H and O–H groups in total. The van der Waals surface area contributed by atoms with Gasteiger partial charge in [0.05, 0.1) is 118 Å². The second-order valence-corrected chi connectivity index (χ2v) is 24.3. The van der Waals surface area contributed by atoms with E-state index in [1.54, 1.807) is 49.5 Å². The molecule has 534 valence electrons. The standard InChI is InChI=1S/C75H97N7O17/c1-9-60(57-48-67(89-6)73(91-8)68(49-57)90-7)74(85)82-31-11-10-15-63(82)75(86)98-64(25-18-54-19-26-65(87-4)66(45-54)88-5)55-13-12-14-59(46-55)97-50-71(84)77-29-37-93-42-44-95-43-41-92-36-28-70(83)76-30-38-96-58-22-16-53(17-23-58)20-27-69-78-61-47-56(72-51(2)79-99-52(72)3)21-24-62(61)81(69)33-32-80-34-39-94-40-35-80/h12-14,16-17,19,21-24,26,45-49,60,63-64H,9-11,15,18,20,25,27-44,50H2,1-8H3,(H,76,83)(H,77,84)/t60-,63-,64+/m0/s1. The van der Waals surface area contributed by atoms with Gasteiger partial charge in [0, 0.05) is 57.7 Å². The molecule has 24 heteroatoms. The molecule has 0 bridgehead atoms. The quantitative estimate of drug-likeness (QED) is 0.0268. The molecule has 0 unspecified atom stereocenters. The highest BCUT2D eigenvalue weighted by Crippen LogP contribution is 2.42. The number of piperidine rings is 1. The van der Waals surface area contributed by atoms with E-state index in [0.717, 1.165) is 116 Å². The van der Waals surface area contributed by atoms with Crippen molar-refractivity contribution in [2.24, 2.45) is 0 Å². The molecule has 24 nitrogen and oxygen atoms in total. The second-order valence-electron chi connectivity index (χ2n) is 24.3. The summed E-state index contributed by atoms with van der Waals surface area (Å²) in [6, 6.07) is 30.1. The Kier molecular flexibility index (Phi) is 28.8. The molecule has 5 aromatic carbocycles. The number of carbonyl (C=O) groups is 4. The monoisotopic (exact) mass is 1370 g/mol. The summed E-state index contributed by atoms with van der Waals surface area (Å²) in [6.45, 7) is 13.8. The van der Waals surface area contributed by atoms with Crippen molar-refractivity contribution < 1.29 is 80.5 Å². The van der Waals surface area contributed by atoms with Crippen molar-refractivity contribution in [2.45, 2.75) is 103 Å². The number of amides is 3. The minimum Gasteiger partial charge on any atom is -0.493 e. The smallest absolute Gasteiger partial charge is 0.329 e. The van der Waals surface area contributed by atoms with Crippen LogP contribution in [0, 0.1) is 13.8 Å². The molecule has 2 aliphatic heterocycles. The zero-order valence-electron chi connectivity index (χ0n) is 58.5. The zero-order chi connectivity index (χ0) is 69.9. The molecule has 0 aliphatic carbocycles. The number of nitrogens with zero attached hydrogens (tertiary/aromatic N) is 5. The fraction of sp³-hybridized carbons (Fsp3) is 0.493. The number of morpholine rings is 1. The van der Waals surface area contributed by atoms with E-state index in [1.807, 2.05) is 57.2 Å². The van der Waals surface area contributed by atoms with Gasteiger partial charge in [-0.05, 0) is 147 Å². The minimum atomic E-state index is -0.820. The number of imidazole rings is 1. The maximum absolute atomic E-state index is 14.6. The Balaban J connectivity index is 0.641. The van der Waals surface area contributed by atoms with Crippen LogP contribution >= 0.6 is 0 Å². The molecule has 3 atom stereocenters. The van der Waals surface area contributed by atoms with Crippen LogP contribution in [-0.4, -0.2) is 195 Å². The first-order valence-corrected chi connectivity index (χ1v) is 34.3. The third-order valence-electron chi connectivity index (χ3n) is 17.8. The topological polar surface area (TPSA) is 253 Å². The van der Waals surface area contributed by atoms with Crippen molar-refractivity contribution >= 4 is 34.7 Å². The van der Waals surface area contributed by atoms with Crippen molar-refractivity contribution in [1.82, 2.24) is 35.1 Å². The first-order chi connectivity index (χ1) is 48.3. The van der Waals surface area contributed by atoms with Crippen molar-refractivity contribution in [1.29, 1.82) is 0 Å². The van der Waals surface area contributed by atoms with E-state index in [-0.39, 0.29) is 50.5 Å². The number of hydrogen-bond donors (Lipinski definition) is 2.